The normalized spacial score (nSPS) is 13.8. The Hall–Kier alpha value is -4.31. The van der Waals surface area contributed by atoms with Gasteiger partial charge in [0.25, 0.3) is 0 Å². The Labute approximate surface area is 421 Å². The fraction of sp³-hybridized carbons (Fsp3) is 0.617. The number of ether oxygens (including phenoxy) is 4. The third-order valence-corrected chi connectivity index (χ3v) is 10.7. The SMILES string of the molecule is CC/C=C\C/C=C\C/C=C\C/C=C\C/C=C\C/C=C\C/C=C\C/C=C\CCCCC(=O)OC(COC(=O)CCCCCCCCC/C=C\C/C=C\CCCCC)COC(OCC[N+](C)(C)C)C(=O)[O-]. The van der Waals surface area contributed by atoms with Crippen molar-refractivity contribution in [2.45, 2.75) is 193 Å². The van der Waals surface area contributed by atoms with Gasteiger partial charge in [0.05, 0.1) is 40.3 Å². The first-order valence-corrected chi connectivity index (χ1v) is 26.7. The summed E-state index contributed by atoms with van der Waals surface area (Å²) in [5.74, 6) is -2.37. The van der Waals surface area contributed by atoms with Gasteiger partial charge in [-0.15, -0.1) is 0 Å². The molecule has 0 heterocycles. The predicted molar refractivity (Wildman–Crippen MR) is 287 cm³/mol. The first kappa shape index (κ1) is 64.7. The first-order chi connectivity index (χ1) is 33.6. The quantitative estimate of drug-likeness (QED) is 0.0195. The number of quaternary nitrogens is 1. The molecule has 9 nitrogen and oxygen atoms in total. The zero-order valence-corrected chi connectivity index (χ0v) is 44.1. The molecule has 0 aliphatic heterocycles. The maximum Gasteiger partial charge on any atom is 0.306 e. The molecular formula is C60H97NO8. The number of carboxylic acid groups (broad SMARTS) is 1. The van der Waals surface area contributed by atoms with Crippen LogP contribution in [-0.4, -0.2) is 82.3 Å². The molecule has 0 radical (unpaired) electrons. The van der Waals surface area contributed by atoms with Crippen molar-refractivity contribution in [3.05, 3.63) is 122 Å². The van der Waals surface area contributed by atoms with Crippen LogP contribution in [-0.2, 0) is 33.3 Å². The molecule has 0 spiro atoms. The molecule has 0 saturated heterocycles. The second kappa shape index (κ2) is 50.1. The van der Waals surface area contributed by atoms with Gasteiger partial charge in [0.1, 0.15) is 13.2 Å². The predicted octanol–water partition coefficient (Wildman–Crippen LogP) is 14.0. The van der Waals surface area contributed by atoms with E-state index in [0.29, 0.717) is 17.4 Å². The summed E-state index contributed by atoms with van der Waals surface area (Å²) in [6.45, 7) is 4.52. The van der Waals surface area contributed by atoms with Gasteiger partial charge >= 0.3 is 11.9 Å². The number of nitrogens with zero attached hydrogens (tertiary/aromatic N) is 1. The zero-order valence-electron chi connectivity index (χ0n) is 44.1. The van der Waals surface area contributed by atoms with E-state index < -0.39 is 24.3 Å². The van der Waals surface area contributed by atoms with E-state index in [1.54, 1.807) is 0 Å². The van der Waals surface area contributed by atoms with Crippen molar-refractivity contribution in [3.8, 4) is 0 Å². The van der Waals surface area contributed by atoms with Gasteiger partial charge in [-0.1, -0.05) is 180 Å². The molecule has 2 atom stereocenters. The van der Waals surface area contributed by atoms with Crippen LogP contribution < -0.4 is 5.11 Å². The molecule has 9 heteroatoms. The summed E-state index contributed by atoms with van der Waals surface area (Å²) in [4.78, 5) is 37.2. The van der Waals surface area contributed by atoms with Gasteiger partial charge < -0.3 is 33.3 Å². The second-order valence-electron chi connectivity index (χ2n) is 18.4. The van der Waals surface area contributed by atoms with Crippen molar-refractivity contribution in [3.63, 3.8) is 0 Å². The molecule has 0 saturated carbocycles. The van der Waals surface area contributed by atoms with Gasteiger partial charge in [-0.3, -0.25) is 9.59 Å². The Kier molecular flexibility index (Phi) is 47.0. The van der Waals surface area contributed by atoms with Crippen LogP contribution in [0.5, 0.6) is 0 Å². The van der Waals surface area contributed by atoms with Crippen LogP contribution in [0.2, 0.25) is 0 Å². The number of allylic oxidation sites excluding steroid dienone is 20. The molecular weight excluding hydrogens is 863 g/mol. The summed E-state index contributed by atoms with van der Waals surface area (Å²) in [6.07, 6.45) is 66.6. The Morgan fingerprint density at radius 2 is 0.826 bits per heavy atom. The summed E-state index contributed by atoms with van der Waals surface area (Å²) < 4.78 is 22.6. The average Bonchev–Trinajstić information content (AvgIpc) is 3.31. The lowest BCUT2D eigenvalue weighted by Gasteiger charge is -2.26. The molecule has 390 valence electrons. The Bertz CT molecular complexity index is 1540. The highest BCUT2D eigenvalue weighted by molar-refractivity contribution is 5.70. The third-order valence-electron chi connectivity index (χ3n) is 10.7. The number of aliphatic carboxylic acids is 1. The highest BCUT2D eigenvalue weighted by atomic mass is 16.7. The summed E-state index contributed by atoms with van der Waals surface area (Å²) in [6, 6.07) is 0. The number of hydrogen-bond acceptors (Lipinski definition) is 8. The molecule has 0 bridgehead atoms. The van der Waals surface area contributed by atoms with Crippen molar-refractivity contribution in [2.75, 3.05) is 47.5 Å². The maximum absolute atomic E-state index is 12.8. The van der Waals surface area contributed by atoms with Gasteiger partial charge in [-0.05, 0) is 109 Å². The summed E-state index contributed by atoms with van der Waals surface area (Å²) in [5.41, 5.74) is 0. The lowest BCUT2D eigenvalue weighted by atomic mass is 10.1. The van der Waals surface area contributed by atoms with Crippen LogP contribution in [0.1, 0.15) is 181 Å². The fourth-order valence-corrected chi connectivity index (χ4v) is 6.58. The van der Waals surface area contributed by atoms with E-state index in [-0.39, 0.29) is 38.6 Å². The molecule has 0 aromatic rings. The number of carbonyl (C=O) groups is 3. The van der Waals surface area contributed by atoms with E-state index in [1.165, 1.54) is 44.9 Å². The number of unbranched alkanes of at least 4 members (excludes halogenated alkanes) is 12. The zero-order chi connectivity index (χ0) is 50.6. The minimum absolute atomic E-state index is 0.130. The molecule has 0 aromatic heterocycles. The van der Waals surface area contributed by atoms with Crippen LogP contribution >= 0.6 is 0 Å². The highest BCUT2D eigenvalue weighted by Crippen LogP contribution is 2.12. The second-order valence-corrected chi connectivity index (χ2v) is 18.4. The number of likely N-dealkylation sites (N-methyl/N-ethyl adjacent to an activating group) is 1. The summed E-state index contributed by atoms with van der Waals surface area (Å²) >= 11 is 0. The van der Waals surface area contributed by atoms with Crippen LogP contribution in [0, 0.1) is 0 Å². The van der Waals surface area contributed by atoms with Crippen LogP contribution in [0.25, 0.3) is 0 Å². The van der Waals surface area contributed by atoms with E-state index >= 15 is 0 Å². The standard InChI is InChI=1S/C60H97NO8/c1-6-8-10-12-14-16-18-20-22-24-25-26-27-28-29-30-31-32-33-35-37-39-41-43-45-47-49-51-58(63)69-56(55-68-60(59(64)65)66-53-52-61(3,4)5)54-67-57(62)50-48-46-44-42-40-38-36-34-23-21-19-17-15-13-11-9-7-2/h8,10,14-17,20-23,25-26,28-29,31-32,35,37,41,43,56,60H,6-7,9,11-13,18-19,24,27,30,33-34,36,38-40,42,44-55H2,1-5H3/b10-8-,16-14-,17-15-,22-20-,23-21-,26-25-,29-28-,32-31-,37-35-,43-41-. The maximum atomic E-state index is 12.8. The largest absolute Gasteiger partial charge is 0.545 e. The van der Waals surface area contributed by atoms with E-state index in [4.69, 9.17) is 18.9 Å². The third kappa shape index (κ3) is 51.4. The Balaban J connectivity index is 4.45. The highest BCUT2D eigenvalue weighted by Gasteiger charge is 2.21. The van der Waals surface area contributed by atoms with E-state index in [2.05, 4.69) is 135 Å². The van der Waals surface area contributed by atoms with Crippen LogP contribution in [0.15, 0.2) is 122 Å². The number of carboxylic acids is 1. The van der Waals surface area contributed by atoms with Gasteiger partial charge in [0, 0.05) is 12.8 Å². The molecule has 0 fully saturated rings. The van der Waals surface area contributed by atoms with Crippen LogP contribution in [0.4, 0.5) is 0 Å². The smallest absolute Gasteiger partial charge is 0.306 e. The lowest BCUT2D eigenvalue weighted by molar-refractivity contribution is -0.870. The molecule has 0 N–H and O–H groups in total. The van der Waals surface area contributed by atoms with Crippen molar-refractivity contribution < 1.29 is 42.9 Å². The molecule has 69 heavy (non-hydrogen) atoms. The molecule has 0 aromatic carbocycles. The van der Waals surface area contributed by atoms with Gasteiger partial charge in [0.2, 0.25) is 0 Å². The van der Waals surface area contributed by atoms with Crippen molar-refractivity contribution in [2.24, 2.45) is 0 Å². The first-order valence-electron chi connectivity index (χ1n) is 26.7. The number of carbonyl (C=O) groups excluding carboxylic acids is 3. The van der Waals surface area contributed by atoms with Gasteiger partial charge in [-0.2, -0.15) is 0 Å². The monoisotopic (exact) mass is 960 g/mol. The molecule has 0 rings (SSSR count). The van der Waals surface area contributed by atoms with Crippen molar-refractivity contribution in [1.82, 2.24) is 0 Å². The van der Waals surface area contributed by atoms with E-state index in [9.17, 15) is 19.5 Å². The fourth-order valence-electron chi connectivity index (χ4n) is 6.58. The molecule has 0 amide bonds. The minimum atomic E-state index is -1.64. The van der Waals surface area contributed by atoms with E-state index in [0.717, 1.165) is 103 Å². The van der Waals surface area contributed by atoms with Gasteiger partial charge in [-0.25, -0.2) is 0 Å². The Morgan fingerprint density at radius 3 is 1.26 bits per heavy atom. The number of hydrogen-bond donors (Lipinski definition) is 0. The topological polar surface area (TPSA) is 111 Å². The summed E-state index contributed by atoms with van der Waals surface area (Å²) in [5, 5.41) is 11.7. The van der Waals surface area contributed by atoms with Crippen molar-refractivity contribution >= 4 is 17.9 Å². The number of esters is 2. The van der Waals surface area contributed by atoms with E-state index in [1.807, 2.05) is 21.1 Å². The lowest BCUT2D eigenvalue weighted by Crippen LogP contribution is -2.44. The molecule has 2 unspecified atom stereocenters. The minimum Gasteiger partial charge on any atom is -0.545 e. The summed E-state index contributed by atoms with van der Waals surface area (Å²) in [7, 11) is 5.89. The molecule has 0 aliphatic rings. The van der Waals surface area contributed by atoms with Crippen LogP contribution in [0.3, 0.4) is 0 Å². The average molecular weight is 960 g/mol. The van der Waals surface area contributed by atoms with Gasteiger partial charge in [0.15, 0.2) is 12.4 Å². The Morgan fingerprint density at radius 1 is 0.449 bits per heavy atom. The number of rotatable bonds is 47. The van der Waals surface area contributed by atoms with Crippen molar-refractivity contribution in [1.29, 1.82) is 0 Å². The molecule has 0 aliphatic carbocycles.